The number of rotatable bonds is 2. The van der Waals surface area contributed by atoms with E-state index in [0.29, 0.717) is 0 Å². The predicted octanol–water partition coefficient (Wildman–Crippen LogP) is 1.88. The van der Waals surface area contributed by atoms with Crippen molar-refractivity contribution in [3.05, 3.63) is 29.3 Å². The minimum atomic E-state index is -1.95. The molecule has 1 N–H and O–H groups in total. The number of hydrogen-bond donors (Lipinski definition) is 1. The molecule has 0 fully saturated rings. The third-order valence-electron chi connectivity index (χ3n) is 1.99. The standard InChI is InChI=1S/C9H13NO2S/c1-7-5-4-6-8(2)9(7)10(3)13(11)12/h4-6H,1-3H3,(H,11,12). The Morgan fingerprint density at radius 2 is 1.77 bits per heavy atom. The summed E-state index contributed by atoms with van der Waals surface area (Å²) in [6, 6.07) is 5.78. The summed E-state index contributed by atoms with van der Waals surface area (Å²) in [6.07, 6.45) is 0. The first-order chi connectivity index (χ1) is 6.04. The Morgan fingerprint density at radius 3 is 2.15 bits per heavy atom. The number of anilines is 1. The number of aryl methyl sites for hydroxylation is 2. The van der Waals surface area contributed by atoms with Gasteiger partial charge in [0.1, 0.15) is 0 Å². The first kappa shape index (κ1) is 10.2. The van der Waals surface area contributed by atoms with Crippen molar-refractivity contribution in [2.24, 2.45) is 0 Å². The number of benzene rings is 1. The molecule has 1 atom stereocenters. The van der Waals surface area contributed by atoms with Crippen LogP contribution in [0.4, 0.5) is 5.69 Å². The Morgan fingerprint density at radius 1 is 1.31 bits per heavy atom. The molecule has 0 aliphatic rings. The van der Waals surface area contributed by atoms with Crippen LogP contribution in [0.3, 0.4) is 0 Å². The van der Waals surface area contributed by atoms with Crippen LogP contribution in [-0.4, -0.2) is 15.8 Å². The molecule has 0 aliphatic carbocycles. The van der Waals surface area contributed by atoms with Crippen LogP contribution in [-0.2, 0) is 11.3 Å². The largest absolute Gasteiger partial charge is 0.289 e. The van der Waals surface area contributed by atoms with E-state index in [9.17, 15) is 4.21 Å². The second-order valence-electron chi connectivity index (χ2n) is 2.97. The van der Waals surface area contributed by atoms with Crippen molar-refractivity contribution in [2.75, 3.05) is 11.4 Å². The molecule has 0 aliphatic heterocycles. The molecule has 72 valence electrons. The van der Waals surface area contributed by atoms with Crippen molar-refractivity contribution in [2.45, 2.75) is 13.8 Å². The van der Waals surface area contributed by atoms with Crippen LogP contribution in [0.2, 0.25) is 0 Å². The molecule has 1 unspecified atom stereocenters. The Hall–Kier alpha value is -0.870. The fourth-order valence-corrected chi connectivity index (χ4v) is 1.82. The van der Waals surface area contributed by atoms with E-state index in [1.165, 1.54) is 4.31 Å². The molecule has 4 heteroatoms. The molecule has 1 rings (SSSR count). The minimum absolute atomic E-state index is 0.823. The zero-order chi connectivity index (χ0) is 10.0. The molecule has 0 heterocycles. The van der Waals surface area contributed by atoms with Crippen LogP contribution in [0.5, 0.6) is 0 Å². The van der Waals surface area contributed by atoms with Crippen molar-refractivity contribution in [1.29, 1.82) is 0 Å². The molecule has 1 aromatic carbocycles. The van der Waals surface area contributed by atoms with E-state index in [0.717, 1.165) is 16.8 Å². The second-order valence-corrected chi connectivity index (χ2v) is 3.98. The predicted molar refractivity (Wildman–Crippen MR) is 55.1 cm³/mol. The van der Waals surface area contributed by atoms with E-state index >= 15 is 0 Å². The SMILES string of the molecule is Cc1cccc(C)c1N(C)S(=O)O. The van der Waals surface area contributed by atoms with Crippen LogP contribution in [0.15, 0.2) is 18.2 Å². The Kier molecular flexibility index (Phi) is 3.06. The van der Waals surface area contributed by atoms with Gasteiger partial charge in [-0.25, -0.2) is 4.21 Å². The van der Waals surface area contributed by atoms with Gasteiger partial charge < -0.3 is 0 Å². The quantitative estimate of drug-likeness (QED) is 0.739. The van der Waals surface area contributed by atoms with Crippen LogP contribution >= 0.6 is 0 Å². The van der Waals surface area contributed by atoms with E-state index in [2.05, 4.69) is 0 Å². The zero-order valence-corrected chi connectivity index (χ0v) is 8.76. The highest BCUT2D eigenvalue weighted by Crippen LogP contribution is 2.23. The van der Waals surface area contributed by atoms with Gasteiger partial charge in [0.2, 0.25) is 0 Å². The van der Waals surface area contributed by atoms with Crippen LogP contribution in [0.1, 0.15) is 11.1 Å². The fourth-order valence-electron chi connectivity index (χ4n) is 1.38. The molecule has 0 bridgehead atoms. The highest BCUT2D eigenvalue weighted by molar-refractivity contribution is 7.80. The van der Waals surface area contributed by atoms with Gasteiger partial charge in [0.05, 0.1) is 5.69 Å². The summed E-state index contributed by atoms with van der Waals surface area (Å²) in [5.74, 6) is 0. The molecular formula is C9H13NO2S. The highest BCUT2D eigenvalue weighted by atomic mass is 32.2. The van der Waals surface area contributed by atoms with Gasteiger partial charge in [-0.2, -0.15) is 0 Å². The second kappa shape index (κ2) is 3.89. The van der Waals surface area contributed by atoms with Crippen LogP contribution < -0.4 is 4.31 Å². The molecular weight excluding hydrogens is 186 g/mol. The lowest BCUT2D eigenvalue weighted by Crippen LogP contribution is -2.21. The van der Waals surface area contributed by atoms with Gasteiger partial charge in [0.15, 0.2) is 0 Å². The summed E-state index contributed by atoms with van der Waals surface area (Å²) >= 11 is -1.95. The van der Waals surface area contributed by atoms with E-state index < -0.39 is 11.3 Å². The van der Waals surface area contributed by atoms with Crippen molar-refractivity contribution in [3.8, 4) is 0 Å². The number of hydrogen-bond acceptors (Lipinski definition) is 1. The summed E-state index contributed by atoms with van der Waals surface area (Å²) in [5, 5.41) is 0. The lowest BCUT2D eigenvalue weighted by atomic mass is 10.1. The zero-order valence-electron chi connectivity index (χ0n) is 7.94. The molecule has 0 saturated carbocycles. The monoisotopic (exact) mass is 199 g/mol. The molecule has 0 amide bonds. The number of para-hydroxylation sites is 1. The van der Waals surface area contributed by atoms with E-state index in [4.69, 9.17) is 4.55 Å². The highest BCUT2D eigenvalue weighted by Gasteiger charge is 2.10. The molecule has 0 spiro atoms. The summed E-state index contributed by atoms with van der Waals surface area (Å²) in [5.41, 5.74) is 2.83. The maximum atomic E-state index is 10.8. The Balaban J connectivity index is 3.20. The summed E-state index contributed by atoms with van der Waals surface area (Å²) < 4.78 is 21.1. The lowest BCUT2D eigenvalue weighted by Gasteiger charge is -2.18. The maximum absolute atomic E-state index is 10.8. The van der Waals surface area contributed by atoms with Gasteiger partial charge in [-0.15, -0.1) is 0 Å². The normalized spacial score (nSPS) is 12.6. The average Bonchev–Trinajstić information content (AvgIpc) is 2.03. The molecule has 1 aromatic rings. The summed E-state index contributed by atoms with van der Waals surface area (Å²) in [4.78, 5) is 0. The Bertz CT molecular complexity index is 318. The molecule has 0 radical (unpaired) electrons. The molecule has 13 heavy (non-hydrogen) atoms. The lowest BCUT2D eigenvalue weighted by molar-refractivity contribution is 0.562. The van der Waals surface area contributed by atoms with Crippen molar-refractivity contribution >= 4 is 17.0 Å². The van der Waals surface area contributed by atoms with E-state index in [1.807, 2.05) is 32.0 Å². The van der Waals surface area contributed by atoms with Crippen molar-refractivity contribution in [3.63, 3.8) is 0 Å². The fraction of sp³-hybridized carbons (Fsp3) is 0.333. The smallest absolute Gasteiger partial charge is 0.261 e. The topological polar surface area (TPSA) is 40.5 Å². The van der Waals surface area contributed by atoms with Gasteiger partial charge >= 0.3 is 0 Å². The first-order valence-electron chi connectivity index (χ1n) is 3.95. The van der Waals surface area contributed by atoms with Gasteiger partial charge in [-0.1, -0.05) is 18.2 Å². The third kappa shape index (κ3) is 2.08. The minimum Gasteiger partial charge on any atom is -0.289 e. The van der Waals surface area contributed by atoms with Crippen LogP contribution in [0.25, 0.3) is 0 Å². The van der Waals surface area contributed by atoms with E-state index in [1.54, 1.807) is 7.05 Å². The van der Waals surface area contributed by atoms with Gasteiger partial charge in [-0.05, 0) is 25.0 Å². The van der Waals surface area contributed by atoms with Crippen molar-refractivity contribution < 1.29 is 8.76 Å². The molecule has 0 saturated heterocycles. The molecule has 0 aromatic heterocycles. The first-order valence-corrected chi connectivity index (χ1v) is 5.01. The number of nitrogens with zero attached hydrogens (tertiary/aromatic N) is 1. The van der Waals surface area contributed by atoms with Gasteiger partial charge in [0.25, 0.3) is 11.3 Å². The summed E-state index contributed by atoms with van der Waals surface area (Å²) in [7, 11) is 1.60. The van der Waals surface area contributed by atoms with E-state index in [-0.39, 0.29) is 0 Å². The van der Waals surface area contributed by atoms with Gasteiger partial charge in [-0.3, -0.25) is 8.86 Å². The average molecular weight is 199 g/mol. The Labute approximate surface area is 80.8 Å². The third-order valence-corrected chi connectivity index (χ3v) is 2.64. The molecule has 3 nitrogen and oxygen atoms in total. The maximum Gasteiger partial charge on any atom is 0.261 e. The van der Waals surface area contributed by atoms with Gasteiger partial charge in [0, 0.05) is 7.05 Å². The van der Waals surface area contributed by atoms with Crippen molar-refractivity contribution in [1.82, 2.24) is 0 Å². The van der Waals surface area contributed by atoms with Crippen LogP contribution in [0, 0.1) is 13.8 Å². The summed E-state index contributed by atoms with van der Waals surface area (Å²) in [6.45, 7) is 3.84.